The highest BCUT2D eigenvalue weighted by atomic mass is 16.4. The van der Waals surface area contributed by atoms with Crippen molar-refractivity contribution in [2.75, 3.05) is 31.9 Å². The van der Waals surface area contributed by atoms with Crippen LogP contribution in [0.4, 0.5) is 5.69 Å². The lowest BCUT2D eigenvalue weighted by Crippen LogP contribution is -2.50. The predicted octanol–water partition coefficient (Wildman–Crippen LogP) is 0.0279. The van der Waals surface area contributed by atoms with Gasteiger partial charge in [-0.1, -0.05) is 0 Å². The summed E-state index contributed by atoms with van der Waals surface area (Å²) in [7, 11) is 0. The largest absolute Gasteiger partial charge is 0.481 e. The van der Waals surface area contributed by atoms with Crippen LogP contribution in [0, 0.1) is 0 Å². The number of benzene rings is 1. The molecule has 0 atom stereocenters. The lowest BCUT2D eigenvalue weighted by Gasteiger charge is -2.34. The zero-order valence-electron chi connectivity index (χ0n) is 11.5. The lowest BCUT2D eigenvalue weighted by atomic mass is 10.1. The molecule has 1 fully saturated rings. The van der Waals surface area contributed by atoms with Crippen molar-refractivity contribution in [2.24, 2.45) is 0 Å². The molecule has 7 nitrogen and oxygen atoms in total. The molecule has 0 saturated carbocycles. The first-order chi connectivity index (χ1) is 9.97. The number of carboxylic acids is 1. The maximum Gasteiger partial charge on any atom is 0.312 e. The molecule has 1 heterocycles. The van der Waals surface area contributed by atoms with Crippen LogP contribution in [0.25, 0.3) is 0 Å². The molecule has 2 rings (SSSR count). The number of nitrogens with two attached hydrogens (primary N) is 1. The Labute approximate surface area is 121 Å². The van der Waals surface area contributed by atoms with Crippen LogP contribution >= 0.6 is 0 Å². The third kappa shape index (κ3) is 3.71. The summed E-state index contributed by atoms with van der Waals surface area (Å²) in [6.07, 6.45) is -0.508. The van der Waals surface area contributed by atoms with Crippen LogP contribution < -0.4 is 5.73 Å². The van der Waals surface area contributed by atoms with E-state index in [4.69, 9.17) is 10.8 Å². The van der Waals surface area contributed by atoms with Crippen molar-refractivity contribution >= 4 is 23.5 Å². The monoisotopic (exact) mass is 291 g/mol. The van der Waals surface area contributed by atoms with Gasteiger partial charge in [0.05, 0.1) is 0 Å². The van der Waals surface area contributed by atoms with Gasteiger partial charge in [0, 0.05) is 37.4 Å². The lowest BCUT2D eigenvalue weighted by molar-refractivity contribution is -0.144. The molecule has 1 aliphatic rings. The highest BCUT2D eigenvalue weighted by Crippen LogP contribution is 2.11. The number of amides is 2. The Hall–Kier alpha value is -2.57. The fourth-order valence-electron chi connectivity index (χ4n) is 2.21. The Balaban J connectivity index is 1.91. The van der Waals surface area contributed by atoms with Gasteiger partial charge < -0.3 is 20.6 Å². The number of aliphatic carboxylic acids is 1. The van der Waals surface area contributed by atoms with Crippen LogP contribution in [0.5, 0.6) is 0 Å². The summed E-state index contributed by atoms with van der Waals surface area (Å²) < 4.78 is 0. The SMILES string of the molecule is Nc1ccc(C(=O)N2CCN(C(=O)CC(=O)O)CC2)cc1. The molecule has 2 amide bonds. The molecule has 0 spiro atoms. The van der Waals surface area contributed by atoms with Gasteiger partial charge >= 0.3 is 5.97 Å². The number of rotatable bonds is 3. The van der Waals surface area contributed by atoms with Gasteiger partial charge in [0.15, 0.2) is 0 Å². The number of hydrogen-bond acceptors (Lipinski definition) is 4. The Bertz CT molecular complexity index is 548. The maximum absolute atomic E-state index is 12.3. The third-order valence-electron chi connectivity index (χ3n) is 3.38. The Morgan fingerprint density at radius 3 is 2.05 bits per heavy atom. The first kappa shape index (κ1) is 14.8. The summed E-state index contributed by atoms with van der Waals surface area (Å²) >= 11 is 0. The smallest absolute Gasteiger partial charge is 0.312 e. The summed E-state index contributed by atoms with van der Waals surface area (Å²) in [6, 6.07) is 6.67. The zero-order chi connectivity index (χ0) is 15.4. The van der Waals surface area contributed by atoms with E-state index >= 15 is 0 Å². The Morgan fingerprint density at radius 2 is 1.52 bits per heavy atom. The van der Waals surface area contributed by atoms with E-state index in [1.54, 1.807) is 29.2 Å². The summed E-state index contributed by atoms with van der Waals surface area (Å²) in [4.78, 5) is 37.5. The number of hydrogen-bond donors (Lipinski definition) is 2. The van der Waals surface area contributed by atoms with Gasteiger partial charge in [-0.05, 0) is 24.3 Å². The molecule has 0 aromatic heterocycles. The van der Waals surface area contributed by atoms with Crippen LogP contribution in [0.3, 0.4) is 0 Å². The van der Waals surface area contributed by atoms with Gasteiger partial charge in [-0.3, -0.25) is 14.4 Å². The molecule has 3 N–H and O–H groups in total. The molecule has 7 heteroatoms. The molecular formula is C14H17N3O4. The highest BCUT2D eigenvalue weighted by Gasteiger charge is 2.25. The average molecular weight is 291 g/mol. The molecule has 0 unspecified atom stereocenters. The fraction of sp³-hybridized carbons (Fsp3) is 0.357. The topological polar surface area (TPSA) is 104 Å². The fourth-order valence-corrected chi connectivity index (χ4v) is 2.21. The Morgan fingerprint density at radius 1 is 1.00 bits per heavy atom. The molecule has 0 radical (unpaired) electrons. The molecule has 1 aromatic rings. The zero-order valence-corrected chi connectivity index (χ0v) is 11.5. The van der Waals surface area contributed by atoms with Crippen molar-refractivity contribution in [3.8, 4) is 0 Å². The minimum atomic E-state index is -1.14. The molecular weight excluding hydrogens is 274 g/mol. The van der Waals surface area contributed by atoms with E-state index < -0.39 is 18.3 Å². The average Bonchev–Trinajstić information content (AvgIpc) is 2.47. The minimum absolute atomic E-state index is 0.111. The van der Waals surface area contributed by atoms with E-state index in [9.17, 15) is 14.4 Å². The summed E-state index contributed by atoms with van der Waals surface area (Å²) in [5, 5.41) is 8.60. The number of anilines is 1. The Kier molecular flexibility index (Phi) is 4.42. The van der Waals surface area contributed by atoms with Crippen molar-refractivity contribution in [2.45, 2.75) is 6.42 Å². The molecule has 1 aliphatic heterocycles. The predicted molar refractivity (Wildman–Crippen MR) is 75.6 cm³/mol. The van der Waals surface area contributed by atoms with Gasteiger partial charge in [-0.25, -0.2) is 0 Å². The van der Waals surface area contributed by atoms with Crippen molar-refractivity contribution in [3.05, 3.63) is 29.8 Å². The van der Waals surface area contributed by atoms with E-state index in [2.05, 4.69) is 0 Å². The van der Waals surface area contributed by atoms with Gasteiger partial charge in [0.25, 0.3) is 5.91 Å². The minimum Gasteiger partial charge on any atom is -0.481 e. The van der Waals surface area contributed by atoms with Crippen molar-refractivity contribution in [1.82, 2.24) is 9.80 Å². The van der Waals surface area contributed by atoms with Crippen molar-refractivity contribution in [3.63, 3.8) is 0 Å². The molecule has 112 valence electrons. The van der Waals surface area contributed by atoms with Crippen molar-refractivity contribution in [1.29, 1.82) is 0 Å². The number of nitrogens with zero attached hydrogens (tertiary/aromatic N) is 2. The number of piperazine rings is 1. The number of carboxylic acid groups (broad SMARTS) is 1. The summed E-state index contributed by atoms with van der Waals surface area (Å²) in [5.41, 5.74) is 6.72. The molecule has 21 heavy (non-hydrogen) atoms. The maximum atomic E-state index is 12.3. The van der Waals surface area contributed by atoms with Gasteiger partial charge in [0.1, 0.15) is 6.42 Å². The quantitative estimate of drug-likeness (QED) is 0.604. The normalized spacial score (nSPS) is 14.9. The molecule has 0 aliphatic carbocycles. The van der Waals surface area contributed by atoms with Crippen LogP contribution in [0.1, 0.15) is 16.8 Å². The van der Waals surface area contributed by atoms with E-state index in [1.165, 1.54) is 4.90 Å². The first-order valence-corrected chi connectivity index (χ1v) is 6.62. The number of nitrogen functional groups attached to an aromatic ring is 1. The van der Waals surface area contributed by atoms with Crippen LogP contribution in [-0.2, 0) is 9.59 Å². The standard InChI is InChI=1S/C14H17N3O4/c15-11-3-1-10(2-4-11)14(21)17-7-5-16(6-8-17)12(18)9-13(19)20/h1-4H,5-9,15H2,(H,19,20). The number of carbonyl (C=O) groups is 3. The second kappa shape index (κ2) is 6.25. The van der Waals surface area contributed by atoms with E-state index in [1.807, 2.05) is 0 Å². The van der Waals surface area contributed by atoms with Crippen LogP contribution in [0.15, 0.2) is 24.3 Å². The number of carbonyl (C=O) groups excluding carboxylic acids is 2. The second-order valence-corrected chi connectivity index (χ2v) is 4.87. The second-order valence-electron chi connectivity index (χ2n) is 4.87. The van der Waals surface area contributed by atoms with Gasteiger partial charge in [-0.2, -0.15) is 0 Å². The molecule has 1 saturated heterocycles. The van der Waals surface area contributed by atoms with Gasteiger partial charge in [-0.15, -0.1) is 0 Å². The van der Waals surface area contributed by atoms with E-state index in [0.29, 0.717) is 37.4 Å². The van der Waals surface area contributed by atoms with E-state index in [-0.39, 0.29) is 5.91 Å². The van der Waals surface area contributed by atoms with Gasteiger partial charge in [0.2, 0.25) is 5.91 Å². The first-order valence-electron chi connectivity index (χ1n) is 6.62. The molecule has 1 aromatic carbocycles. The molecule has 0 bridgehead atoms. The highest BCUT2D eigenvalue weighted by molar-refractivity contribution is 5.95. The van der Waals surface area contributed by atoms with Crippen LogP contribution in [0.2, 0.25) is 0 Å². The summed E-state index contributed by atoms with van der Waals surface area (Å²) in [5.74, 6) is -1.66. The third-order valence-corrected chi connectivity index (χ3v) is 3.38. The summed E-state index contributed by atoms with van der Waals surface area (Å²) in [6.45, 7) is 1.50. The van der Waals surface area contributed by atoms with Crippen LogP contribution in [-0.4, -0.2) is 58.9 Å². The van der Waals surface area contributed by atoms with E-state index in [0.717, 1.165) is 0 Å². The van der Waals surface area contributed by atoms with Crippen molar-refractivity contribution < 1.29 is 19.5 Å².